The lowest BCUT2D eigenvalue weighted by molar-refractivity contribution is -0.134. The number of carbonyl (C=O) groups is 1. The summed E-state index contributed by atoms with van der Waals surface area (Å²) in [5.41, 5.74) is 0.842. The van der Waals surface area contributed by atoms with Crippen molar-refractivity contribution in [1.82, 2.24) is 15.0 Å². The average molecular weight is 359 g/mol. The highest BCUT2D eigenvalue weighted by Crippen LogP contribution is 2.21. The van der Waals surface area contributed by atoms with Crippen LogP contribution in [0.5, 0.6) is 5.75 Å². The van der Waals surface area contributed by atoms with Gasteiger partial charge in [0.25, 0.3) is 0 Å². The highest BCUT2D eigenvalue weighted by atomic mass is 16.5. The summed E-state index contributed by atoms with van der Waals surface area (Å²) >= 11 is 0. The Morgan fingerprint density at radius 1 is 1.31 bits per heavy atom. The van der Waals surface area contributed by atoms with Crippen molar-refractivity contribution in [2.24, 2.45) is 5.92 Å². The maximum atomic E-state index is 12.5. The van der Waals surface area contributed by atoms with E-state index < -0.39 is 0 Å². The Labute approximate surface area is 155 Å². The molecule has 1 atom stereocenters. The number of hydrogen-bond acceptors (Lipinski definition) is 5. The van der Waals surface area contributed by atoms with Crippen LogP contribution in [0.15, 0.2) is 28.8 Å². The number of ether oxygens (including phenoxy) is 1. The molecule has 0 bridgehead atoms. The lowest BCUT2D eigenvalue weighted by atomic mass is 10.1. The molecule has 1 aromatic heterocycles. The Kier molecular flexibility index (Phi) is 7.18. The maximum absolute atomic E-state index is 12.5. The summed E-state index contributed by atoms with van der Waals surface area (Å²) in [6.45, 7) is 8.87. The minimum Gasteiger partial charge on any atom is -0.497 e. The maximum Gasteiger partial charge on any atom is 0.228 e. The van der Waals surface area contributed by atoms with E-state index >= 15 is 0 Å². The van der Waals surface area contributed by atoms with Gasteiger partial charge in [0.15, 0.2) is 0 Å². The van der Waals surface area contributed by atoms with E-state index in [2.05, 4.69) is 37.8 Å². The number of methoxy groups -OCH3 is 1. The number of carbonyl (C=O) groups excluding carboxylic acids is 1. The summed E-state index contributed by atoms with van der Waals surface area (Å²) < 4.78 is 10.6. The molecule has 0 saturated heterocycles. The molecule has 26 heavy (non-hydrogen) atoms. The summed E-state index contributed by atoms with van der Waals surface area (Å²) in [6, 6.07) is 7.73. The molecule has 6 nitrogen and oxygen atoms in total. The molecule has 2 aromatic rings. The number of benzene rings is 1. The SMILES string of the molecule is CC[C@H](C)N(CCc1nc(-c2cccc(OC)c2)no1)C(=O)CC(C)C. The summed E-state index contributed by atoms with van der Waals surface area (Å²) in [5, 5.41) is 4.05. The molecule has 1 heterocycles. The number of aromatic nitrogens is 2. The van der Waals surface area contributed by atoms with Crippen molar-refractivity contribution in [1.29, 1.82) is 0 Å². The van der Waals surface area contributed by atoms with Crippen LogP contribution < -0.4 is 4.74 Å². The van der Waals surface area contributed by atoms with E-state index in [-0.39, 0.29) is 11.9 Å². The number of rotatable bonds is 9. The number of hydrogen-bond donors (Lipinski definition) is 0. The van der Waals surface area contributed by atoms with Crippen molar-refractivity contribution in [2.75, 3.05) is 13.7 Å². The van der Waals surface area contributed by atoms with Crippen LogP contribution in [0.1, 0.15) is 46.4 Å². The van der Waals surface area contributed by atoms with Gasteiger partial charge < -0.3 is 14.2 Å². The Morgan fingerprint density at radius 3 is 2.73 bits per heavy atom. The normalized spacial score (nSPS) is 12.2. The lowest BCUT2D eigenvalue weighted by Crippen LogP contribution is -2.40. The zero-order chi connectivity index (χ0) is 19.1. The predicted molar refractivity (Wildman–Crippen MR) is 101 cm³/mol. The molecule has 0 saturated carbocycles. The third kappa shape index (κ3) is 5.31. The first-order chi connectivity index (χ1) is 12.4. The van der Waals surface area contributed by atoms with Crippen molar-refractivity contribution >= 4 is 5.91 Å². The van der Waals surface area contributed by atoms with Gasteiger partial charge >= 0.3 is 0 Å². The monoisotopic (exact) mass is 359 g/mol. The minimum absolute atomic E-state index is 0.182. The van der Waals surface area contributed by atoms with E-state index in [1.807, 2.05) is 29.2 Å². The fourth-order valence-electron chi connectivity index (χ4n) is 2.73. The van der Waals surface area contributed by atoms with E-state index in [9.17, 15) is 4.79 Å². The molecule has 0 fully saturated rings. The van der Waals surface area contributed by atoms with Crippen molar-refractivity contribution in [3.8, 4) is 17.1 Å². The second-order valence-electron chi connectivity index (χ2n) is 6.94. The van der Waals surface area contributed by atoms with E-state index in [4.69, 9.17) is 9.26 Å². The van der Waals surface area contributed by atoms with Crippen molar-refractivity contribution < 1.29 is 14.1 Å². The third-order valence-corrected chi connectivity index (χ3v) is 4.39. The molecule has 6 heteroatoms. The van der Waals surface area contributed by atoms with E-state index in [1.54, 1.807) is 7.11 Å². The van der Waals surface area contributed by atoms with Crippen LogP contribution in [0, 0.1) is 5.92 Å². The van der Waals surface area contributed by atoms with Gasteiger partial charge in [-0.1, -0.05) is 38.1 Å². The summed E-state index contributed by atoms with van der Waals surface area (Å²) in [6.07, 6.45) is 2.02. The van der Waals surface area contributed by atoms with Crippen LogP contribution in [0.2, 0.25) is 0 Å². The van der Waals surface area contributed by atoms with Gasteiger partial charge in [-0.2, -0.15) is 4.98 Å². The molecular weight excluding hydrogens is 330 g/mol. The Bertz CT molecular complexity index is 712. The van der Waals surface area contributed by atoms with Crippen molar-refractivity contribution in [3.05, 3.63) is 30.2 Å². The molecule has 0 radical (unpaired) electrons. The quantitative estimate of drug-likeness (QED) is 0.678. The zero-order valence-electron chi connectivity index (χ0n) is 16.4. The van der Waals surface area contributed by atoms with Crippen LogP contribution in [-0.4, -0.2) is 40.6 Å². The van der Waals surface area contributed by atoms with Crippen molar-refractivity contribution in [2.45, 2.75) is 53.0 Å². The standard InChI is InChI=1S/C20H29N3O3/c1-6-15(4)23(19(24)12-14(2)3)11-10-18-21-20(22-26-18)16-8-7-9-17(13-16)25-5/h7-9,13-15H,6,10-12H2,1-5H3/t15-/m0/s1. The van der Waals surface area contributed by atoms with Crippen LogP contribution >= 0.6 is 0 Å². The first kappa shape index (κ1) is 19.9. The summed E-state index contributed by atoms with van der Waals surface area (Å²) in [5.74, 6) is 2.34. The van der Waals surface area contributed by atoms with Crippen LogP contribution in [0.4, 0.5) is 0 Å². The van der Waals surface area contributed by atoms with Crippen LogP contribution in [0.25, 0.3) is 11.4 Å². The summed E-state index contributed by atoms with van der Waals surface area (Å²) in [7, 11) is 1.62. The minimum atomic E-state index is 0.182. The van der Waals surface area contributed by atoms with Gasteiger partial charge in [-0.05, 0) is 31.4 Å². The van der Waals surface area contributed by atoms with Crippen LogP contribution in [-0.2, 0) is 11.2 Å². The fourth-order valence-corrected chi connectivity index (χ4v) is 2.73. The molecular formula is C20H29N3O3. The molecule has 1 amide bonds. The van der Waals surface area contributed by atoms with E-state index in [0.717, 1.165) is 17.7 Å². The highest BCUT2D eigenvalue weighted by molar-refractivity contribution is 5.76. The molecule has 142 valence electrons. The summed E-state index contributed by atoms with van der Waals surface area (Å²) in [4.78, 5) is 18.9. The van der Waals surface area contributed by atoms with Gasteiger partial charge in [0, 0.05) is 31.0 Å². The van der Waals surface area contributed by atoms with Gasteiger partial charge in [0.2, 0.25) is 17.6 Å². The molecule has 0 N–H and O–H groups in total. The van der Waals surface area contributed by atoms with Gasteiger partial charge in [-0.3, -0.25) is 4.79 Å². The molecule has 2 rings (SSSR count). The molecule has 0 aliphatic rings. The van der Waals surface area contributed by atoms with Gasteiger partial charge in [0.05, 0.1) is 7.11 Å². The van der Waals surface area contributed by atoms with Gasteiger partial charge in [-0.15, -0.1) is 0 Å². The van der Waals surface area contributed by atoms with Crippen molar-refractivity contribution in [3.63, 3.8) is 0 Å². The largest absolute Gasteiger partial charge is 0.497 e. The topological polar surface area (TPSA) is 68.5 Å². The van der Waals surface area contributed by atoms with E-state index in [0.29, 0.717) is 37.0 Å². The molecule has 0 spiro atoms. The average Bonchev–Trinajstić information content (AvgIpc) is 3.10. The number of amides is 1. The smallest absolute Gasteiger partial charge is 0.228 e. The second kappa shape index (κ2) is 9.36. The highest BCUT2D eigenvalue weighted by Gasteiger charge is 2.20. The second-order valence-corrected chi connectivity index (χ2v) is 6.94. The lowest BCUT2D eigenvalue weighted by Gasteiger charge is -2.29. The third-order valence-electron chi connectivity index (χ3n) is 4.39. The van der Waals surface area contributed by atoms with Gasteiger partial charge in [-0.25, -0.2) is 0 Å². The molecule has 0 unspecified atom stereocenters. The first-order valence-electron chi connectivity index (χ1n) is 9.21. The number of nitrogens with zero attached hydrogens (tertiary/aromatic N) is 3. The van der Waals surface area contributed by atoms with Gasteiger partial charge in [0.1, 0.15) is 5.75 Å². The predicted octanol–water partition coefficient (Wildman–Crippen LogP) is 3.96. The zero-order valence-corrected chi connectivity index (χ0v) is 16.4. The fraction of sp³-hybridized carbons (Fsp3) is 0.550. The Morgan fingerprint density at radius 2 is 2.08 bits per heavy atom. The molecule has 0 aliphatic carbocycles. The Hall–Kier alpha value is -2.37. The molecule has 0 aliphatic heterocycles. The molecule has 1 aromatic carbocycles. The first-order valence-corrected chi connectivity index (χ1v) is 9.21. The van der Waals surface area contributed by atoms with E-state index in [1.165, 1.54) is 0 Å². The van der Waals surface area contributed by atoms with Crippen LogP contribution in [0.3, 0.4) is 0 Å². The Balaban J connectivity index is 2.05.